The van der Waals surface area contributed by atoms with E-state index < -0.39 is 0 Å². The molecule has 3 fully saturated rings. The lowest BCUT2D eigenvalue weighted by Gasteiger charge is -2.31. The summed E-state index contributed by atoms with van der Waals surface area (Å²) in [5.41, 5.74) is 5.42. The molecule has 25 heavy (non-hydrogen) atoms. The Morgan fingerprint density at radius 3 is 2.28 bits per heavy atom. The lowest BCUT2D eigenvalue weighted by Crippen LogP contribution is -2.19. The second kappa shape index (κ2) is 7.61. The number of rotatable bonds is 9. The van der Waals surface area contributed by atoms with E-state index in [9.17, 15) is 0 Å². The Kier molecular flexibility index (Phi) is 5.86. The molecule has 0 saturated heterocycles. The van der Waals surface area contributed by atoms with E-state index in [1.54, 1.807) is 11.1 Å². The normalized spacial score (nSPS) is 32.0. The van der Waals surface area contributed by atoms with Crippen molar-refractivity contribution in [2.45, 2.75) is 98.8 Å². The zero-order chi connectivity index (χ0) is 18.2. The van der Waals surface area contributed by atoms with Gasteiger partial charge in [-0.2, -0.15) is 0 Å². The molecule has 0 bridgehead atoms. The van der Waals surface area contributed by atoms with Gasteiger partial charge in [0.15, 0.2) is 0 Å². The maximum absolute atomic E-state index is 4.57. The van der Waals surface area contributed by atoms with Gasteiger partial charge in [0, 0.05) is 0 Å². The van der Waals surface area contributed by atoms with Gasteiger partial charge >= 0.3 is 0 Å². The van der Waals surface area contributed by atoms with Crippen LogP contribution in [0.1, 0.15) is 98.8 Å². The summed E-state index contributed by atoms with van der Waals surface area (Å²) in [4.78, 5) is 0. The summed E-state index contributed by atoms with van der Waals surface area (Å²) in [5, 5.41) is 0. The van der Waals surface area contributed by atoms with Crippen molar-refractivity contribution >= 4 is 0 Å². The zero-order valence-electron chi connectivity index (χ0n) is 17.7. The van der Waals surface area contributed by atoms with E-state index in [0.29, 0.717) is 5.41 Å². The molecule has 0 spiro atoms. The van der Waals surface area contributed by atoms with Crippen LogP contribution >= 0.6 is 0 Å². The molecular formula is C25H42. The van der Waals surface area contributed by atoms with E-state index in [1.165, 1.54) is 69.8 Å². The largest absolute Gasteiger partial charge is 0.0955 e. The molecule has 0 aliphatic heterocycles. The van der Waals surface area contributed by atoms with E-state index in [2.05, 4.69) is 41.2 Å². The fraction of sp³-hybridized carbons (Fsp3) is 0.840. The van der Waals surface area contributed by atoms with Crippen LogP contribution in [-0.2, 0) is 0 Å². The second-order valence-electron chi connectivity index (χ2n) is 10.6. The van der Waals surface area contributed by atoms with Crippen LogP contribution in [-0.4, -0.2) is 0 Å². The molecular weight excluding hydrogens is 300 g/mol. The maximum Gasteiger partial charge on any atom is -0.0110 e. The molecule has 0 radical (unpaired) electrons. The van der Waals surface area contributed by atoms with Crippen molar-refractivity contribution in [2.75, 3.05) is 0 Å². The first-order valence-electron chi connectivity index (χ1n) is 11.2. The average Bonchev–Trinajstić information content (AvgIpc) is 3.47. The van der Waals surface area contributed by atoms with Crippen molar-refractivity contribution in [2.24, 2.45) is 35.0 Å². The fourth-order valence-electron chi connectivity index (χ4n) is 5.28. The highest BCUT2D eigenvalue weighted by Gasteiger charge is 2.42. The van der Waals surface area contributed by atoms with Crippen LogP contribution in [0.5, 0.6) is 0 Å². The molecule has 3 rings (SSSR count). The second-order valence-corrected chi connectivity index (χ2v) is 10.6. The van der Waals surface area contributed by atoms with E-state index in [-0.39, 0.29) is 0 Å². The quantitative estimate of drug-likeness (QED) is 0.373. The molecule has 0 N–H and O–H groups in total. The summed E-state index contributed by atoms with van der Waals surface area (Å²) in [5.74, 6) is 4.52. The molecule has 3 aliphatic carbocycles. The molecule has 0 heterocycles. The van der Waals surface area contributed by atoms with Gasteiger partial charge in [0.05, 0.1) is 0 Å². The molecule has 0 aromatic carbocycles. The highest BCUT2D eigenvalue weighted by atomic mass is 14.5. The SMILES string of the molecule is C=C(CC1CC1)/C(=C(/C)[C@]1(C)CCC(C(C)CCC(C)C)C1)C1CC1. The van der Waals surface area contributed by atoms with E-state index in [0.717, 1.165) is 29.6 Å². The van der Waals surface area contributed by atoms with Crippen LogP contribution in [0.4, 0.5) is 0 Å². The minimum atomic E-state index is 0.446. The van der Waals surface area contributed by atoms with Crippen LogP contribution in [0, 0.1) is 35.0 Å². The Hall–Kier alpha value is -0.520. The third-order valence-electron chi connectivity index (χ3n) is 7.69. The van der Waals surface area contributed by atoms with Crippen molar-refractivity contribution in [3.8, 4) is 0 Å². The van der Waals surface area contributed by atoms with E-state index in [4.69, 9.17) is 0 Å². The molecule has 2 unspecified atom stereocenters. The number of hydrogen-bond donors (Lipinski definition) is 0. The Balaban J connectivity index is 1.68. The lowest BCUT2D eigenvalue weighted by molar-refractivity contribution is 0.294. The number of hydrogen-bond acceptors (Lipinski definition) is 0. The molecule has 3 atom stereocenters. The Bertz CT molecular complexity index is 514. The minimum absolute atomic E-state index is 0.446. The van der Waals surface area contributed by atoms with Crippen LogP contribution in [0.15, 0.2) is 23.3 Å². The molecule has 0 aromatic heterocycles. The first-order valence-corrected chi connectivity index (χ1v) is 11.2. The Labute approximate surface area is 157 Å². The molecule has 142 valence electrons. The topological polar surface area (TPSA) is 0 Å². The van der Waals surface area contributed by atoms with Crippen LogP contribution in [0.2, 0.25) is 0 Å². The average molecular weight is 343 g/mol. The monoisotopic (exact) mass is 342 g/mol. The van der Waals surface area contributed by atoms with Gasteiger partial charge in [0.25, 0.3) is 0 Å². The van der Waals surface area contributed by atoms with Gasteiger partial charge in [-0.3, -0.25) is 0 Å². The van der Waals surface area contributed by atoms with Crippen LogP contribution in [0.25, 0.3) is 0 Å². The Morgan fingerprint density at radius 1 is 1.04 bits per heavy atom. The van der Waals surface area contributed by atoms with Gasteiger partial charge < -0.3 is 0 Å². The maximum atomic E-state index is 4.57. The van der Waals surface area contributed by atoms with Gasteiger partial charge in [-0.25, -0.2) is 0 Å². The standard InChI is InChI=1S/C25H42/c1-17(2)7-8-18(3)23-13-14-25(6,16-23)20(5)24(22-11-12-22)19(4)15-21-9-10-21/h17-18,21-23H,4,7-16H2,1-3,5-6H3/b24-20+/t18?,23?,25-/m1/s1. The highest BCUT2D eigenvalue weighted by Crippen LogP contribution is 2.54. The molecule has 3 saturated carbocycles. The predicted octanol–water partition coefficient (Wildman–Crippen LogP) is 7.95. The van der Waals surface area contributed by atoms with Gasteiger partial charge in [0.2, 0.25) is 0 Å². The molecule has 0 nitrogen and oxygen atoms in total. The van der Waals surface area contributed by atoms with Crippen LogP contribution < -0.4 is 0 Å². The molecule has 3 aliphatic rings. The third kappa shape index (κ3) is 4.81. The van der Waals surface area contributed by atoms with Gasteiger partial charge in [-0.1, -0.05) is 58.3 Å². The van der Waals surface area contributed by atoms with E-state index in [1.807, 2.05) is 0 Å². The van der Waals surface area contributed by atoms with E-state index >= 15 is 0 Å². The van der Waals surface area contributed by atoms with Gasteiger partial charge in [-0.15, -0.1) is 0 Å². The van der Waals surface area contributed by atoms with Crippen molar-refractivity contribution in [3.05, 3.63) is 23.3 Å². The smallest absolute Gasteiger partial charge is 0.0110 e. The third-order valence-corrected chi connectivity index (χ3v) is 7.69. The molecule has 0 amide bonds. The first kappa shape index (κ1) is 19.2. The summed E-state index contributed by atoms with van der Waals surface area (Å²) < 4.78 is 0. The molecule has 0 aromatic rings. The molecule has 0 heteroatoms. The van der Waals surface area contributed by atoms with Crippen molar-refractivity contribution in [3.63, 3.8) is 0 Å². The summed E-state index contributed by atoms with van der Waals surface area (Å²) in [6, 6.07) is 0. The van der Waals surface area contributed by atoms with Crippen molar-refractivity contribution in [1.29, 1.82) is 0 Å². The summed E-state index contributed by atoms with van der Waals surface area (Å²) in [6.07, 6.45) is 14.1. The Morgan fingerprint density at radius 2 is 1.72 bits per heavy atom. The van der Waals surface area contributed by atoms with Crippen molar-refractivity contribution < 1.29 is 0 Å². The summed E-state index contributed by atoms with van der Waals surface area (Å²) in [7, 11) is 0. The predicted molar refractivity (Wildman–Crippen MR) is 111 cm³/mol. The van der Waals surface area contributed by atoms with Crippen molar-refractivity contribution in [1.82, 2.24) is 0 Å². The summed E-state index contributed by atoms with van der Waals surface area (Å²) in [6.45, 7) is 16.9. The lowest BCUT2D eigenvalue weighted by atomic mass is 9.74. The minimum Gasteiger partial charge on any atom is -0.0955 e. The van der Waals surface area contributed by atoms with Gasteiger partial charge in [-0.05, 0) is 98.9 Å². The fourth-order valence-corrected chi connectivity index (χ4v) is 5.28. The van der Waals surface area contributed by atoms with Crippen LogP contribution in [0.3, 0.4) is 0 Å². The zero-order valence-corrected chi connectivity index (χ0v) is 17.7. The first-order chi connectivity index (χ1) is 11.8. The highest BCUT2D eigenvalue weighted by molar-refractivity contribution is 5.40. The summed E-state index contributed by atoms with van der Waals surface area (Å²) >= 11 is 0. The number of allylic oxidation sites excluding steroid dienone is 3. The van der Waals surface area contributed by atoms with Gasteiger partial charge in [0.1, 0.15) is 0 Å².